The minimum atomic E-state index is -0.142. The van der Waals surface area contributed by atoms with Crippen LogP contribution in [-0.2, 0) is 9.59 Å². The highest BCUT2D eigenvalue weighted by Crippen LogP contribution is 2.17. The maximum Gasteiger partial charge on any atom is 0.233 e. The summed E-state index contributed by atoms with van der Waals surface area (Å²) in [6, 6.07) is 0. The molecule has 0 aromatic rings. The summed E-state index contributed by atoms with van der Waals surface area (Å²) in [5, 5.41) is 0. The summed E-state index contributed by atoms with van der Waals surface area (Å²) in [5.74, 6) is 5.53. The second kappa shape index (κ2) is 5.70. The highest BCUT2D eigenvalue weighted by Gasteiger charge is 2.25. The van der Waals surface area contributed by atoms with Gasteiger partial charge in [-0.2, -0.15) is 0 Å². The molecule has 0 aromatic heterocycles. The first-order valence-electron chi connectivity index (χ1n) is 5.40. The maximum atomic E-state index is 11.4. The molecule has 0 aliphatic carbocycles. The molecular formula is C10H19N3O2. The Hall–Kier alpha value is -1.10. The highest BCUT2D eigenvalue weighted by molar-refractivity contribution is 5.78. The fourth-order valence-corrected chi connectivity index (χ4v) is 1.85. The number of hydrogen-bond acceptors (Lipinski definition) is 3. The Labute approximate surface area is 90.0 Å². The van der Waals surface area contributed by atoms with E-state index in [-0.39, 0.29) is 11.8 Å². The number of carbonyl (C=O) groups excluding carboxylic acids is 2. The van der Waals surface area contributed by atoms with E-state index >= 15 is 0 Å². The number of carbonyl (C=O) groups is 2. The largest absolute Gasteiger partial charge is 0.342 e. The Kier molecular flexibility index (Phi) is 4.55. The molecule has 1 heterocycles. The van der Waals surface area contributed by atoms with Crippen LogP contribution in [-0.4, -0.2) is 29.8 Å². The zero-order chi connectivity index (χ0) is 11.3. The van der Waals surface area contributed by atoms with Gasteiger partial charge in [0.05, 0.1) is 0 Å². The van der Waals surface area contributed by atoms with Crippen molar-refractivity contribution in [2.45, 2.75) is 32.6 Å². The highest BCUT2D eigenvalue weighted by atomic mass is 16.2. The molecule has 15 heavy (non-hydrogen) atoms. The molecule has 1 unspecified atom stereocenters. The van der Waals surface area contributed by atoms with Crippen LogP contribution in [0.15, 0.2) is 0 Å². The van der Waals surface area contributed by atoms with E-state index in [9.17, 15) is 9.59 Å². The summed E-state index contributed by atoms with van der Waals surface area (Å²) >= 11 is 0. The number of nitrogens with zero attached hydrogens (tertiary/aromatic N) is 1. The Morgan fingerprint density at radius 3 is 2.87 bits per heavy atom. The summed E-state index contributed by atoms with van der Waals surface area (Å²) in [6.07, 6.45) is 2.75. The standard InChI is InChI=1S/C10H19N3O2/c1-8-6-10(15)13(7-8)5-3-2-4-9(14)12-11/h8H,2-7,11H2,1H3,(H,12,14). The number of unbranched alkanes of at least 4 members (excludes halogenated alkanes) is 1. The number of amides is 2. The van der Waals surface area contributed by atoms with Gasteiger partial charge in [-0.25, -0.2) is 5.84 Å². The third kappa shape index (κ3) is 3.87. The van der Waals surface area contributed by atoms with Crippen LogP contribution in [0.5, 0.6) is 0 Å². The zero-order valence-electron chi connectivity index (χ0n) is 9.16. The fourth-order valence-electron chi connectivity index (χ4n) is 1.85. The van der Waals surface area contributed by atoms with Gasteiger partial charge in [-0.1, -0.05) is 6.92 Å². The van der Waals surface area contributed by atoms with Gasteiger partial charge in [0.15, 0.2) is 0 Å². The van der Waals surface area contributed by atoms with Crippen molar-refractivity contribution < 1.29 is 9.59 Å². The molecule has 3 N–H and O–H groups in total. The zero-order valence-corrected chi connectivity index (χ0v) is 9.16. The molecule has 5 nitrogen and oxygen atoms in total. The van der Waals surface area contributed by atoms with Crippen molar-refractivity contribution in [3.05, 3.63) is 0 Å². The van der Waals surface area contributed by atoms with Crippen molar-refractivity contribution in [1.29, 1.82) is 0 Å². The first kappa shape index (κ1) is 12.0. The lowest BCUT2D eigenvalue weighted by atomic mass is 10.2. The minimum Gasteiger partial charge on any atom is -0.342 e. The molecule has 1 saturated heterocycles. The van der Waals surface area contributed by atoms with Crippen LogP contribution in [0.1, 0.15) is 32.6 Å². The topological polar surface area (TPSA) is 75.4 Å². The van der Waals surface area contributed by atoms with E-state index in [1.807, 2.05) is 4.90 Å². The van der Waals surface area contributed by atoms with Crippen LogP contribution >= 0.6 is 0 Å². The summed E-state index contributed by atoms with van der Waals surface area (Å²) in [6.45, 7) is 3.71. The normalized spacial score (nSPS) is 20.8. The SMILES string of the molecule is CC1CC(=O)N(CCCCC(=O)NN)C1. The van der Waals surface area contributed by atoms with Gasteiger partial charge in [-0.05, 0) is 18.8 Å². The predicted molar refractivity (Wildman–Crippen MR) is 56.5 cm³/mol. The number of rotatable bonds is 5. The number of hydrogen-bond donors (Lipinski definition) is 2. The molecule has 1 aliphatic heterocycles. The lowest BCUT2D eigenvalue weighted by molar-refractivity contribution is -0.127. The van der Waals surface area contributed by atoms with E-state index in [1.165, 1.54) is 0 Å². The first-order chi connectivity index (χ1) is 7.13. The van der Waals surface area contributed by atoms with Gasteiger partial charge in [0.2, 0.25) is 11.8 Å². The molecule has 5 heteroatoms. The summed E-state index contributed by atoms with van der Waals surface area (Å²) < 4.78 is 0. The van der Waals surface area contributed by atoms with E-state index in [0.717, 1.165) is 25.9 Å². The molecule has 0 saturated carbocycles. The van der Waals surface area contributed by atoms with E-state index < -0.39 is 0 Å². The minimum absolute atomic E-state index is 0.142. The van der Waals surface area contributed by atoms with Gasteiger partial charge in [-0.3, -0.25) is 15.0 Å². The van der Waals surface area contributed by atoms with Crippen LogP contribution in [0.4, 0.5) is 0 Å². The van der Waals surface area contributed by atoms with E-state index in [0.29, 0.717) is 18.8 Å². The number of likely N-dealkylation sites (tertiary alicyclic amines) is 1. The van der Waals surface area contributed by atoms with Gasteiger partial charge in [0.25, 0.3) is 0 Å². The van der Waals surface area contributed by atoms with Gasteiger partial charge in [0.1, 0.15) is 0 Å². The van der Waals surface area contributed by atoms with Crippen LogP contribution in [0.3, 0.4) is 0 Å². The average Bonchev–Trinajstić information content (AvgIpc) is 2.52. The quantitative estimate of drug-likeness (QED) is 0.292. The van der Waals surface area contributed by atoms with Crippen molar-refractivity contribution in [2.75, 3.05) is 13.1 Å². The van der Waals surface area contributed by atoms with Crippen molar-refractivity contribution in [3.8, 4) is 0 Å². The van der Waals surface area contributed by atoms with Crippen molar-refractivity contribution >= 4 is 11.8 Å². The van der Waals surface area contributed by atoms with Crippen molar-refractivity contribution in [3.63, 3.8) is 0 Å². The van der Waals surface area contributed by atoms with Gasteiger partial charge < -0.3 is 4.90 Å². The lowest BCUT2D eigenvalue weighted by Crippen LogP contribution is -2.30. The molecule has 1 fully saturated rings. The number of nitrogens with one attached hydrogen (secondary N) is 1. The fraction of sp³-hybridized carbons (Fsp3) is 0.800. The molecular weight excluding hydrogens is 194 g/mol. The Bertz CT molecular complexity index is 243. The van der Waals surface area contributed by atoms with Gasteiger partial charge >= 0.3 is 0 Å². The second-order valence-corrected chi connectivity index (χ2v) is 4.17. The molecule has 1 atom stereocenters. The van der Waals surface area contributed by atoms with Crippen LogP contribution in [0.2, 0.25) is 0 Å². The maximum absolute atomic E-state index is 11.4. The van der Waals surface area contributed by atoms with Crippen molar-refractivity contribution in [1.82, 2.24) is 10.3 Å². The van der Waals surface area contributed by atoms with Crippen molar-refractivity contribution in [2.24, 2.45) is 11.8 Å². The monoisotopic (exact) mass is 213 g/mol. The molecule has 0 bridgehead atoms. The van der Waals surface area contributed by atoms with Gasteiger partial charge in [-0.15, -0.1) is 0 Å². The lowest BCUT2D eigenvalue weighted by Gasteiger charge is -2.15. The van der Waals surface area contributed by atoms with E-state index in [4.69, 9.17) is 5.84 Å². The first-order valence-corrected chi connectivity index (χ1v) is 5.40. The molecule has 86 valence electrons. The predicted octanol–water partition coefficient (Wildman–Crippen LogP) is 0.0150. The second-order valence-electron chi connectivity index (χ2n) is 4.17. The van der Waals surface area contributed by atoms with E-state index in [1.54, 1.807) is 0 Å². The molecule has 0 spiro atoms. The van der Waals surface area contributed by atoms with Crippen LogP contribution < -0.4 is 11.3 Å². The van der Waals surface area contributed by atoms with Crippen LogP contribution in [0, 0.1) is 5.92 Å². The van der Waals surface area contributed by atoms with Gasteiger partial charge in [0, 0.05) is 25.9 Å². The number of nitrogens with two attached hydrogens (primary N) is 1. The summed E-state index contributed by atoms with van der Waals surface area (Å²) in [5.41, 5.74) is 2.09. The molecule has 1 rings (SSSR count). The third-order valence-corrected chi connectivity index (χ3v) is 2.65. The molecule has 0 radical (unpaired) electrons. The average molecular weight is 213 g/mol. The molecule has 2 amide bonds. The van der Waals surface area contributed by atoms with E-state index in [2.05, 4.69) is 12.3 Å². The Balaban J connectivity index is 2.10. The molecule has 1 aliphatic rings. The smallest absolute Gasteiger partial charge is 0.233 e. The third-order valence-electron chi connectivity index (χ3n) is 2.65. The molecule has 0 aromatic carbocycles. The Morgan fingerprint density at radius 1 is 1.60 bits per heavy atom. The number of hydrazine groups is 1. The summed E-state index contributed by atoms with van der Waals surface area (Å²) in [7, 11) is 0. The van der Waals surface area contributed by atoms with Crippen LogP contribution in [0.25, 0.3) is 0 Å². The summed E-state index contributed by atoms with van der Waals surface area (Å²) in [4.78, 5) is 24.1. The Morgan fingerprint density at radius 2 is 2.33 bits per heavy atom.